The summed E-state index contributed by atoms with van der Waals surface area (Å²) in [5.74, 6) is 0.607. The van der Waals surface area contributed by atoms with Crippen molar-refractivity contribution in [1.29, 1.82) is 0 Å². The van der Waals surface area contributed by atoms with Gasteiger partial charge in [-0.25, -0.2) is 0 Å². The van der Waals surface area contributed by atoms with Gasteiger partial charge in [0.1, 0.15) is 5.75 Å². The molecule has 1 amide bonds. The molecule has 1 aromatic carbocycles. The van der Waals surface area contributed by atoms with Gasteiger partial charge in [0, 0.05) is 12.6 Å². The van der Waals surface area contributed by atoms with Crippen LogP contribution in [0.5, 0.6) is 5.75 Å². The van der Waals surface area contributed by atoms with Crippen molar-refractivity contribution in [2.45, 2.75) is 32.7 Å². The molecule has 0 aromatic heterocycles. The van der Waals surface area contributed by atoms with Crippen molar-refractivity contribution in [1.82, 2.24) is 5.32 Å². The molecule has 100 valence electrons. The molecular formula is C14H22N2O2. The molecule has 0 aliphatic rings. The Morgan fingerprint density at radius 2 is 2.22 bits per heavy atom. The smallest absolute Gasteiger partial charge is 0.257 e. The number of amides is 1. The molecule has 1 rings (SSSR count). The Balaban J connectivity index is 2.51. The van der Waals surface area contributed by atoms with Gasteiger partial charge in [-0.15, -0.1) is 0 Å². The minimum absolute atomic E-state index is 0.0527. The fourth-order valence-corrected chi connectivity index (χ4v) is 1.61. The maximum absolute atomic E-state index is 11.3. The number of nitrogens with one attached hydrogen (secondary N) is 1. The highest BCUT2D eigenvalue weighted by molar-refractivity contribution is 5.77. The zero-order valence-corrected chi connectivity index (χ0v) is 11.1. The van der Waals surface area contributed by atoms with E-state index in [0.717, 1.165) is 18.4 Å². The first-order valence-corrected chi connectivity index (χ1v) is 6.39. The number of ether oxygens (including phenoxy) is 1. The van der Waals surface area contributed by atoms with Gasteiger partial charge in [0.2, 0.25) is 0 Å². The van der Waals surface area contributed by atoms with Crippen molar-refractivity contribution in [3.05, 3.63) is 29.8 Å². The summed E-state index contributed by atoms with van der Waals surface area (Å²) in [6.45, 7) is 4.62. The van der Waals surface area contributed by atoms with Crippen LogP contribution in [0.3, 0.4) is 0 Å². The number of hydrogen-bond acceptors (Lipinski definition) is 3. The molecule has 1 unspecified atom stereocenters. The molecule has 4 heteroatoms. The standard InChI is InChI=1S/C14H22N2O2/c1-3-12(15)8-11-6-5-7-13(9-11)18-10-14(17)16-4-2/h5-7,9,12H,3-4,8,10,15H2,1-2H3,(H,16,17). The van der Waals surface area contributed by atoms with Crippen LogP contribution in [0.4, 0.5) is 0 Å². The first-order chi connectivity index (χ1) is 8.65. The Morgan fingerprint density at radius 3 is 2.89 bits per heavy atom. The SMILES string of the molecule is CCNC(=O)COc1cccc(CC(N)CC)c1. The van der Waals surface area contributed by atoms with E-state index >= 15 is 0 Å². The molecule has 0 radical (unpaired) electrons. The molecule has 0 bridgehead atoms. The first-order valence-electron chi connectivity index (χ1n) is 6.39. The molecular weight excluding hydrogens is 228 g/mol. The van der Waals surface area contributed by atoms with Crippen LogP contribution in [-0.2, 0) is 11.2 Å². The van der Waals surface area contributed by atoms with E-state index in [9.17, 15) is 4.79 Å². The molecule has 0 saturated carbocycles. The topological polar surface area (TPSA) is 64.3 Å². The van der Waals surface area contributed by atoms with E-state index < -0.39 is 0 Å². The number of rotatable bonds is 7. The van der Waals surface area contributed by atoms with Crippen LogP contribution in [-0.4, -0.2) is 25.1 Å². The van der Waals surface area contributed by atoms with E-state index in [-0.39, 0.29) is 18.6 Å². The van der Waals surface area contributed by atoms with Crippen molar-refractivity contribution < 1.29 is 9.53 Å². The molecule has 1 atom stereocenters. The van der Waals surface area contributed by atoms with Gasteiger partial charge in [-0.1, -0.05) is 19.1 Å². The third-order valence-electron chi connectivity index (χ3n) is 2.66. The highest BCUT2D eigenvalue weighted by Crippen LogP contribution is 2.14. The number of carbonyl (C=O) groups excluding carboxylic acids is 1. The average Bonchev–Trinajstić information content (AvgIpc) is 2.37. The fourth-order valence-electron chi connectivity index (χ4n) is 1.61. The van der Waals surface area contributed by atoms with Gasteiger partial charge in [-0.3, -0.25) is 4.79 Å². The molecule has 1 aromatic rings. The third-order valence-corrected chi connectivity index (χ3v) is 2.66. The highest BCUT2D eigenvalue weighted by Gasteiger charge is 2.04. The van der Waals surface area contributed by atoms with E-state index in [1.807, 2.05) is 31.2 Å². The Morgan fingerprint density at radius 1 is 1.44 bits per heavy atom. The second-order valence-corrected chi connectivity index (χ2v) is 4.26. The molecule has 0 heterocycles. The molecule has 0 fully saturated rings. The largest absolute Gasteiger partial charge is 0.484 e. The third kappa shape index (κ3) is 5.19. The number of hydrogen-bond donors (Lipinski definition) is 2. The first kappa shape index (κ1) is 14.5. The number of likely N-dealkylation sites (N-methyl/N-ethyl adjacent to an activating group) is 1. The fraction of sp³-hybridized carbons (Fsp3) is 0.500. The van der Waals surface area contributed by atoms with E-state index in [0.29, 0.717) is 12.3 Å². The summed E-state index contributed by atoms with van der Waals surface area (Å²) in [4.78, 5) is 11.3. The summed E-state index contributed by atoms with van der Waals surface area (Å²) in [5.41, 5.74) is 7.05. The lowest BCUT2D eigenvalue weighted by Gasteiger charge is -2.11. The van der Waals surface area contributed by atoms with E-state index in [1.54, 1.807) is 0 Å². The predicted octanol–water partition coefficient (Wildman–Crippen LogP) is 1.48. The van der Waals surface area contributed by atoms with Crippen LogP contribution < -0.4 is 15.8 Å². The Bertz CT molecular complexity index is 380. The lowest BCUT2D eigenvalue weighted by atomic mass is 10.0. The van der Waals surface area contributed by atoms with E-state index in [4.69, 9.17) is 10.5 Å². The summed E-state index contributed by atoms with van der Waals surface area (Å²) in [5, 5.41) is 2.69. The average molecular weight is 250 g/mol. The second-order valence-electron chi connectivity index (χ2n) is 4.26. The van der Waals surface area contributed by atoms with Gasteiger partial charge in [-0.05, 0) is 37.5 Å². The van der Waals surface area contributed by atoms with Gasteiger partial charge in [0.25, 0.3) is 5.91 Å². The lowest BCUT2D eigenvalue weighted by molar-refractivity contribution is -0.122. The van der Waals surface area contributed by atoms with Crippen molar-refractivity contribution in [2.75, 3.05) is 13.2 Å². The molecule has 0 spiro atoms. The molecule has 0 aliphatic carbocycles. The van der Waals surface area contributed by atoms with Crippen molar-refractivity contribution in [3.8, 4) is 5.75 Å². The maximum Gasteiger partial charge on any atom is 0.257 e. The van der Waals surface area contributed by atoms with Gasteiger partial charge in [0.05, 0.1) is 0 Å². The summed E-state index contributed by atoms with van der Waals surface area (Å²) < 4.78 is 5.42. The van der Waals surface area contributed by atoms with Crippen molar-refractivity contribution in [3.63, 3.8) is 0 Å². The van der Waals surface area contributed by atoms with Gasteiger partial charge < -0.3 is 15.8 Å². The zero-order valence-electron chi connectivity index (χ0n) is 11.1. The maximum atomic E-state index is 11.3. The zero-order chi connectivity index (χ0) is 13.4. The summed E-state index contributed by atoms with van der Waals surface area (Å²) in [6.07, 6.45) is 1.78. The lowest BCUT2D eigenvalue weighted by Crippen LogP contribution is -2.28. The quantitative estimate of drug-likeness (QED) is 0.770. The van der Waals surface area contributed by atoms with Crippen LogP contribution in [0, 0.1) is 0 Å². The minimum atomic E-state index is -0.104. The van der Waals surface area contributed by atoms with E-state index in [1.165, 1.54) is 0 Å². The van der Waals surface area contributed by atoms with Gasteiger partial charge in [-0.2, -0.15) is 0 Å². The molecule has 3 N–H and O–H groups in total. The molecule has 0 aliphatic heterocycles. The number of benzene rings is 1. The summed E-state index contributed by atoms with van der Waals surface area (Å²) >= 11 is 0. The van der Waals surface area contributed by atoms with Crippen LogP contribution >= 0.6 is 0 Å². The molecule has 18 heavy (non-hydrogen) atoms. The van der Waals surface area contributed by atoms with Crippen LogP contribution in [0.25, 0.3) is 0 Å². The molecule has 0 saturated heterocycles. The predicted molar refractivity (Wildman–Crippen MR) is 72.6 cm³/mol. The summed E-state index contributed by atoms with van der Waals surface area (Å²) in [7, 11) is 0. The number of carbonyl (C=O) groups is 1. The van der Waals surface area contributed by atoms with Crippen LogP contribution in [0.2, 0.25) is 0 Å². The van der Waals surface area contributed by atoms with Crippen LogP contribution in [0.15, 0.2) is 24.3 Å². The Kier molecular flexibility index (Phi) is 6.22. The van der Waals surface area contributed by atoms with E-state index in [2.05, 4.69) is 12.2 Å². The number of nitrogens with two attached hydrogens (primary N) is 1. The monoisotopic (exact) mass is 250 g/mol. The second kappa shape index (κ2) is 7.71. The van der Waals surface area contributed by atoms with Crippen molar-refractivity contribution in [2.24, 2.45) is 5.73 Å². The van der Waals surface area contributed by atoms with Gasteiger partial charge >= 0.3 is 0 Å². The highest BCUT2D eigenvalue weighted by atomic mass is 16.5. The van der Waals surface area contributed by atoms with Gasteiger partial charge in [0.15, 0.2) is 6.61 Å². The summed E-state index contributed by atoms with van der Waals surface area (Å²) in [6, 6.07) is 7.90. The Hall–Kier alpha value is -1.55. The minimum Gasteiger partial charge on any atom is -0.484 e. The Labute approximate surface area is 109 Å². The van der Waals surface area contributed by atoms with Crippen molar-refractivity contribution >= 4 is 5.91 Å². The van der Waals surface area contributed by atoms with Crippen LogP contribution in [0.1, 0.15) is 25.8 Å². The normalized spacial score (nSPS) is 11.9. The molecule has 4 nitrogen and oxygen atoms in total.